The predicted molar refractivity (Wildman–Crippen MR) is 131 cm³/mol. The summed E-state index contributed by atoms with van der Waals surface area (Å²) >= 11 is 6.09. The fourth-order valence-corrected chi connectivity index (χ4v) is 5.59. The van der Waals surface area contributed by atoms with Gasteiger partial charge in [-0.15, -0.1) is 0 Å². The summed E-state index contributed by atoms with van der Waals surface area (Å²) in [5, 5.41) is 19.6. The molecule has 5 rings (SSSR count). The third-order valence-electron chi connectivity index (χ3n) is 7.46. The van der Waals surface area contributed by atoms with Crippen LogP contribution >= 0.6 is 11.6 Å². The van der Waals surface area contributed by atoms with Crippen molar-refractivity contribution >= 4 is 29.4 Å². The standard InChI is InChI=1S/C26H28ClN5O3/c27-20-4-2-18(3-5-20)22-15-31(16-23(22)32(26(34)35)21-6-7-21)25(33)19-9-11-30(12-10-19)24-8-1-17(13-28)14-29-24/h1-5,8,14,19,21-23H,6-7,9-12,15-16H2,(H,34,35)/t22-,23+/m0/s1. The molecule has 182 valence electrons. The highest BCUT2D eigenvalue weighted by Crippen LogP contribution is 2.39. The van der Waals surface area contributed by atoms with Crippen molar-refractivity contribution in [1.29, 1.82) is 5.26 Å². The first kappa shape index (κ1) is 23.4. The van der Waals surface area contributed by atoms with Gasteiger partial charge in [0.15, 0.2) is 0 Å². The van der Waals surface area contributed by atoms with Crippen molar-refractivity contribution in [1.82, 2.24) is 14.8 Å². The number of nitriles is 1. The van der Waals surface area contributed by atoms with Crippen LogP contribution in [0.4, 0.5) is 10.6 Å². The highest BCUT2D eigenvalue weighted by Gasteiger charge is 2.47. The zero-order valence-corrected chi connectivity index (χ0v) is 20.1. The maximum absolute atomic E-state index is 13.6. The maximum Gasteiger partial charge on any atom is 0.407 e. The molecule has 1 aromatic heterocycles. The molecule has 0 spiro atoms. The molecule has 2 aliphatic heterocycles. The molecule has 35 heavy (non-hydrogen) atoms. The number of rotatable bonds is 5. The van der Waals surface area contributed by atoms with Gasteiger partial charge in [0.2, 0.25) is 5.91 Å². The Hall–Kier alpha value is -3.31. The van der Waals surface area contributed by atoms with E-state index in [1.165, 1.54) is 0 Å². The zero-order chi connectivity index (χ0) is 24.5. The van der Waals surface area contributed by atoms with E-state index in [0.29, 0.717) is 23.7 Å². The smallest absolute Gasteiger partial charge is 0.407 e. The third kappa shape index (κ3) is 4.92. The van der Waals surface area contributed by atoms with Crippen LogP contribution in [-0.2, 0) is 4.79 Å². The van der Waals surface area contributed by atoms with Gasteiger partial charge >= 0.3 is 6.09 Å². The minimum Gasteiger partial charge on any atom is -0.465 e. The maximum atomic E-state index is 13.6. The van der Waals surface area contributed by atoms with Gasteiger partial charge in [0, 0.05) is 55.3 Å². The largest absolute Gasteiger partial charge is 0.465 e. The minimum absolute atomic E-state index is 0.0468. The lowest BCUT2D eigenvalue weighted by atomic mass is 9.93. The molecule has 1 aliphatic carbocycles. The van der Waals surface area contributed by atoms with Gasteiger partial charge in [-0.3, -0.25) is 9.69 Å². The number of carbonyl (C=O) groups excluding carboxylic acids is 1. The molecule has 1 N–H and O–H groups in total. The van der Waals surface area contributed by atoms with E-state index in [1.807, 2.05) is 35.2 Å². The van der Waals surface area contributed by atoms with Crippen molar-refractivity contribution in [2.24, 2.45) is 5.92 Å². The van der Waals surface area contributed by atoms with Gasteiger partial charge in [0.25, 0.3) is 0 Å². The fourth-order valence-electron chi connectivity index (χ4n) is 5.46. The average molecular weight is 494 g/mol. The molecule has 8 nitrogen and oxygen atoms in total. The lowest BCUT2D eigenvalue weighted by molar-refractivity contribution is -0.135. The first-order chi connectivity index (χ1) is 16.9. The molecular formula is C26H28ClN5O3. The number of hydrogen-bond acceptors (Lipinski definition) is 5. The second kappa shape index (κ2) is 9.74. The Balaban J connectivity index is 1.28. The summed E-state index contributed by atoms with van der Waals surface area (Å²) in [5.74, 6) is 0.768. The number of anilines is 1. The first-order valence-electron chi connectivity index (χ1n) is 12.1. The Morgan fingerprint density at radius 3 is 2.34 bits per heavy atom. The van der Waals surface area contributed by atoms with Crippen LogP contribution in [0, 0.1) is 17.2 Å². The van der Waals surface area contributed by atoms with E-state index in [-0.39, 0.29) is 29.8 Å². The minimum atomic E-state index is -0.908. The van der Waals surface area contributed by atoms with E-state index < -0.39 is 6.09 Å². The molecule has 2 amide bonds. The van der Waals surface area contributed by atoms with Crippen LogP contribution in [0.25, 0.3) is 0 Å². The molecule has 3 fully saturated rings. The van der Waals surface area contributed by atoms with Crippen LogP contribution in [-0.4, -0.2) is 70.2 Å². The Kier molecular flexibility index (Phi) is 6.52. The van der Waals surface area contributed by atoms with Crippen LogP contribution in [0.5, 0.6) is 0 Å². The summed E-state index contributed by atoms with van der Waals surface area (Å²) < 4.78 is 0. The summed E-state index contributed by atoms with van der Waals surface area (Å²) in [4.78, 5) is 35.7. The first-order valence-corrected chi connectivity index (χ1v) is 12.5. The number of benzene rings is 1. The molecule has 2 aromatic rings. The van der Waals surface area contributed by atoms with Crippen LogP contribution in [0.3, 0.4) is 0 Å². The van der Waals surface area contributed by atoms with Crippen molar-refractivity contribution in [3.63, 3.8) is 0 Å². The number of halogens is 1. The van der Waals surface area contributed by atoms with Crippen LogP contribution < -0.4 is 4.90 Å². The van der Waals surface area contributed by atoms with E-state index in [0.717, 1.165) is 50.2 Å². The van der Waals surface area contributed by atoms with Crippen molar-refractivity contribution in [3.8, 4) is 6.07 Å². The number of piperidine rings is 1. The third-order valence-corrected chi connectivity index (χ3v) is 7.71. The molecule has 1 saturated carbocycles. The molecule has 9 heteroatoms. The van der Waals surface area contributed by atoms with E-state index in [2.05, 4.69) is 16.0 Å². The van der Waals surface area contributed by atoms with Gasteiger partial charge in [0.1, 0.15) is 11.9 Å². The second-order valence-corrected chi connectivity index (χ2v) is 10.1. The molecular weight excluding hydrogens is 466 g/mol. The normalized spacial score (nSPS) is 22.6. The summed E-state index contributed by atoms with van der Waals surface area (Å²) in [7, 11) is 0. The van der Waals surface area contributed by atoms with Crippen molar-refractivity contribution in [3.05, 3.63) is 58.7 Å². The summed E-state index contributed by atoms with van der Waals surface area (Å²) in [6.45, 7) is 2.37. The Morgan fingerprint density at radius 1 is 1.06 bits per heavy atom. The van der Waals surface area contributed by atoms with E-state index in [9.17, 15) is 14.7 Å². The topological polar surface area (TPSA) is 101 Å². The quantitative estimate of drug-likeness (QED) is 0.676. The number of hydrogen-bond donors (Lipinski definition) is 1. The lowest BCUT2D eigenvalue weighted by Gasteiger charge is -2.34. The Labute approximate surface area is 209 Å². The highest BCUT2D eigenvalue weighted by atomic mass is 35.5. The Bertz CT molecular complexity index is 1120. The van der Waals surface area contributed by atoms with Gasteiger partial charge in [-0.2, -0.15) is 5.26 Å². The number of aromatic nitrogens is 1. The van der Waals surface area contributed by atoms with Crippen molar-refractivity contribution in [2.45, 2.75) is 43.7 Å². The molecule has 2 saturated heterocycles. The van der Waals surface area contributed by atoms with E-state index in [1.54, 1.807) is 17.2 Å². The number of carbonyl (C=O) groups is 2. The number of amides is 2. The van der Waals surface area contributed by atoms with Gasteiger partial charge in [0.05, 0.1) is 11.6 Å². The molecule has 2 atom stereocenters. The van der Waals surface area contributed by atoms with Crippen molar-refractivity contribution in [2.75, 3.05) is 31.1 Å². The number of nitrogens with zero attached hydrogens (tertiary/aromatic N) is 5. The van der Waals surface area contributed by atoms with Gasteiger partial charge in [-0.05, 0) is 55.5 Å². The number of likely N-dealkylation sites (tertiary alicyclic amines) is 1. The summed E-state index contributed by atoms with van der Waals surface area (Å²) in [6, 6.07) is 13.0. The molecule has 3 heterocycles. The molecule has 1 aromatic carbocycles. The molecule has 0 unspecified atom stereocenters. The highest BCUT2D eigenvalue weighted by molar-refractivity contribution is 6.30. The van der Waals surface area contributed by atoms with Gasteiger partial charge < -0.3 is 14.9 Å². The predicted octanol–water partition coefficient (Wildman–Crippen LogP) is 3.96. The van der Waals surface area contributed by atoms with Crippen LogP contribution in [0.2, 0.25) is 5.02 Å². The molecule has 3 aliphatic rings. The Morgan fingerprint density at radius 2 is 1.77 bits per heavy atom. The zero-order valence-electron chi connectivity index (χ0n) is 19.4. The molecule has 0 bridgehead atoms. The number of pyridine rings is 1. The SMILES string of the molecule is N#Cc1ccc(N2CCC(C(=O)N3C[C@@H](N(C(=O)O)C4CC4)[C@H](c4ccc(Cl)cc4)C3)CC2)nc1. The lowest BCUT2D eigenvalue weighted by Crippen LogP contribution is -2.46. The van der Waals surface area contributed by atoms with Crippen LogP contribution in [0.1, 0.15) is 42.7 Å². The fraction of sp³-hybridized carbons (Fsp3) is 0.462. The van der Waals surface area contributed by atoms with Gasteiger partial charge in [-0.25, -0.2) is 9.78 Å². The number of carboxylic acid groups (broad SMARTS) is 1. The van der Waals surface area contributed by atoms with Gasteiger partial charge in [-0.1, -0.05) is 23.7 Å². The van der Waals surface area contributed by atoms with E-state index >= 15 is 0 Å². The monoisotopic (exact) mass is 493 g/mol. The second-order valence-electron chi connectivity index (χ2n) is 9.67. The van der Waals surface area contributed by atoms with E-state index in [4.69, 9.17) is 16.9 Å². The van der Waals surface area contributed by atoms with Crippen LogP contribution in [0.15, 0.2) is 42.6 Å². The molecule has 0 radical (unpaired) electrons. The summed E-state index contributed by atoms with van der Waals surface area (Å²) in [5.41, 5.74) is 1.54. The van der Waals surface area contributed by atoms with Crippen molar-refractivity contribution < 1.29 is 14.7 Å². The average Bonchev–Trinajstić information content (AvgIpc) is 3.62. The summed E-state index contributed by atoms with van der Waals surface area (Å²) in [6.07, 6.45) is 3.87.